The Hall–Kier alpha value is -0.850. The van der Waals surface area contributed by atoms with Gasteiger partial charge in [-0.1, -0.05) is 44.7 Å². The molecule has 0 heterocycles. The van der Waals surface area contributed by atoms with Crippen molar-refractivity contribution in [3.63, 3.8) is 0 Å². The molecule has 3 saturated carbocycles. The second-order valence-corrected chi connectivity index (χ2v) is 7.51. The third kappa shape index (κ3) is 3.87. The molecule has 0 saturated heterocycles. The van der Waals surface area contributed by atoms with Gasteiger partial charge in [0.25, 0.3) is 0 Å². The smallest absolute Gasteiger partial charge is 0.123 e. The summed E-state index contributed by atoms with van der Waals surface area (Å²) in [5.41, 5.74) is 1.21. The molecule has 0 amide bonds. The van der Waals surface area contributed by atoms with E-state index >= 15 is 0 Å². The van der Waals surface area contributed by atoms with Crippen LogP contribution in [0.5, 0.6) is 0 Å². The standard InChI is InChI=1S/C20H29F/c1-2-3-5-15-10-17-8-9-18(11-15)19(13-17)12-16-6-4-7-20(21)14-16/h4,6-7,14-15,17-19H,2-3,5,8-13H2,1H3. The minimum atomic E-state index is -0.0768. The van der Waals surface area contributed by atoms with Gasteiger partial charge in [-0.3, -0.25) is 0 Å². The van der Waals surface area contributed by atoms with Gasteiger partial charge in [0.2, 0.25) is 0 Å². The lowest BCUT2D eigenvalue weighted by atomic mass is 9.73. The van der Waals surface area contributed by atoms with Crippen molar-refractivity contribution in [1.82, 2.24) is 0 Å². The summed E-state index contributed by atoms with van der Waals surface area (Å²) in [4.78, 5) is 0. The average molecular weight is 288 g/mol. The Morgan fingerprint density at radius 3 is 2.86 bits per heavy atom. The fourth-order valence-electron chi connectivity index (χ4n) is 4.89. The van der Waals surface area contributed by atoms with Crippen LogP contribution in [-0.4, -0.2) is 0 Å². The molecule has 2 bridgehead atoms. The van der Waals surface area contributed by atoms with E-state index in [9.17, 15) is 4.39 Å². The lowest BCUT2D eigenvalue weighted by Gasteiger charge is -2.32. The lowest BCUT2D eigenvalue weighted by Crippen LogP contribution is -2.23. The van der Waals surface area contributed by atoms with Gasteiger partial charge in [0.15, 0.2) is 0 Å². The van der Waals surface area contributed by atoms with Crippen molar-refractivity contribution < 1.29 is 4.39 Å². The third-order valence-corrected chi connectivity index (χ3v) is 5.90. The lowest BCUT2D eigenvalue weighted by molar-refractivity contribution is 0.200. The molecule has 4 unspecified atom stereocenters. The summed E-state index contributed by atoms with van der Waals surface area (Å²) in [6, 6.07) is 7.27. The molecule has 4 atom stereocenters. The molecule has 3 fully saturated rings. The molecule has 1 heteroatoms. The van der Waals surface area contributed by atoms with Gasteiger partial charge < -0.3 is 0 Å². The highest BCUT2D eigenvalue weighted by Crippen LogP contribution is 2.47. The van der Waals surface area contributed by atoms with Gasteiger partial charge in [-0.05, 0) is 73.5 Å². The molecule has 0 aromatic heterocycles. The number of benzene rings is 1. The summed E-state index contributed by atoms with van der Waals surface area (Å²) in [6.07, 6.45) is 12.4. The number of rotatable bonds is 5. The first-order valence-electron chi connectivity index (χ1n) is 8.99. The van der Waals surface area contributed by atoms with E-state index in [2.05, 4.69) is 13.0 Å². The van der Waals surface area contributed by atoms with E-state index in [1.807, 2.05) is 6.07 Å². The largest absolute Gasteiger partial charge is 0.207 e. The van der Waals surface area contributed by atoms with Crippen molar-refractivity contribution in [2.45, 2.75) is 64.7 Å². The first kappa shape index (κ1) is 15.1. The Balaban J connectivity index is 1.65. The highest BCUT2D eigenvalue weighted by Gasteiger charge is 2.36. The quantitative estimate of drug-likeness (QED) is 0.623. The molecule has 1 aromatic rings. The van der Waals surface area contributed by atoms with Gasteiger partial charge in [-0.25, -0.2) is 4.39 Å². The number of hydrogen-bond donors (Lipinski definition) is 0. The maximum absolute atomic E-state index is 13.4. The van der Waals surface area contributed by atoms with E-state index < -0.39 is 0 Å². The van der Waals surface area contributed by atoms with Gasteiger partial charge >= 0.3 is 0 Å². The first-order valence-corrected chi connectivity index (χ1v) is 8.99. The normalized spacial score (nSPS) is 32.1. The van der Waals surface area contributed by atoms with Gasteiger partial charge in [0.1, 0.15) is 5.82 Å². The zero-order chi connectivity index (χ0) is 14.7. The van der Waals surface area contributed by atoms with E-state index in [-0.39, 0.29) is 5.82 Å². The van der Waals surface area contributed by atoms with Crippen LogP contribution >= 0.6 is 0 Å². The third-order valence-electron chi connectivity index (χ3n) is 5.90. The Labute approximate surface area is 129 Å². The van der Waals surface area contributed by atoms with Gasteiger partial charge in [-0.15, -0.1) is 0 Å². The number of halogens is 1. The first-order chi connectivity index (χ1) is 10.2. The van der Waals surface area contributed by atoms with Crippen molar-refractivity contribution in [1.29, 1.82) is 0 Å². The predicted octanol–water partition coefficient (Wildman–Crippen LogP) is 6.00. The summed E-state index contributed by atoms with van der Waals surface area (Å²) in [5.74, 6) is 3.54. The monoisotopic (exact) mass is 288 g/mol. The van der Waals surface area contributed by atoms with Crippen molar-refractivity contribution in [3.05, 3.63) is 35.6 Å². The van der Waals surface area contributed by atoms with Crippen molar-refractivity contribution in [2.75, 3.05) is 0 Å². The molecule has 0 aliphatic heterocycles. The highest BCUT2D eigenvalue weighted by molar-refractivity contribution is 5.17. The van der Waals surface area contributed by atoms with Crippen LogP contribution in [0.2, 0.25) is 0 Å². The maximum atomic E-state index is 13.4. The summed E-state index contributed by atoms with van der Waals surface area (Å²) in [5, 5.41) is 0. The predicted molar refractivity (Wildman–Crippen MR) is 86.7 cm³/mol. The molecular formula is C20H29F. The van der Waals surface area contributed by atoms with Crippen LogP contribution in [0.3, 0.4) is 0 Å². The summed E-state index contributed by atoms with van der Waals surface area (Å²) in [6.45, 7) is 2.30. The van der Waals surface area contributed by atoms with Crippen molar-refractivity contribution in [2.24, 2.45) is 23.7 Å². The molecule has 116 valence electrons. The van der Waals surface area contributed by atoms with Crippen LogP contribution in [0, 0.1) is 29.5 Å². The zero-order valence-corrected chi connectivity index (χ0v) is 13.4. The van der Waals surface area contributed by atoms with Crippen molar-refractivity contribution >= 4 is 0 Å². The van der Waals surface area contributed by atoms with Crippen LogP contribution in [0.1, 0.15) is 63.9 Å². The van der Waals surface area contributed by atoms with Crippen LogP contribution in [-0.2, 0) is 6.42 Å². The highest BCUT2D eigenvalue weighted by atomic mass is 19.1. The SMILES string of the molecule is CCCCC1CC2CCC(C1)C(Cc1cccc(F)c1)C2. The minimum Gasteiger partial charge on any atom is -0.207 e. The molecule has 1 aromatic carbocycles. The molecular weight excluding hydrogens is 259 g/mol. The van der Waals surface area contributed by atoms with Crippen LogP contribution in [0.4, 0.5) is 4.39 Å². The Morgan fingerprint density at radius 1 is 1.14 bits per heavy atom. The Morgan fingerprint density at radius 2 is 2.05 bits per heavy atom. The van der Waals surface area contributed by atoms with Gasteiger partial charge in [-0.2, -0.15) is 0 Å². The van der Waals surface area contributed by atoms with Crippen molar-refractivity contribution in [3.8, 4) is 0 Å². The van der Waals surface area contributed by atoms with E-state index in [1.54, 1.807) is 12.1 Å². The molecule has 0 radical (unpaired) electrons. The van der Waals surface area contributed by atoms with Gasteiger partial charge in [0.05, 0.1) is 0 Å². The average Bonchev–Trinajstić information content (AvgIpc) is 2.76. The topological polar surface area (TPSA) is 0 Å². The zero-order valence-electron chi connectivity index (χ0n) is 13.4. The second kappa shape index (κ2) is 6.94. The van der Waals surface area contributed by atoms with Crippen LogP contribution in [0.25, 0.3) is 0 Å². The fourth-order valence-corrected chi connectivity index (χ4v) is 4.89. The number of fused-ring (bicyclic) bond motifs is 4. The van der Waals surface area contributed by atoms with Crippen LogP contribution in [0.15, 0.2) is 24.3 Å². The van der Waals surface area contributed by atoms with Crippen LogP contribution < -0.4 is 0 Å². The number of unbranched alkanes of at least 4 members (excludes halogenated alkanes) is 1. The number of hydrogen-bond acceptors (Lipinski definition) is 0. The van der Waals surface area contributed by atoms with Gasteiger partial charge in [0, 0.05) is 0 Å². The molecule has 0 spiro atoms. The molecule has 3 aliphatic rings. The summed E-state index contributed by atoms with van der Waals surface area (Å²) < 4.78 is 13.4. The van der Waals surface area contributed by atoms with E-state index in [4.69, 9.17) is 0 Å². The summed E-state index contributed by atoms with van der Waals surface area (Å²) >= 11 is 0. The Kier molecular flexibility index (Phi) is 4.98. The molecule has 0 N–H and O–H groups in total. The molecule has 0 nitrogen and oxygen atoms in total. The van der Waals surface area contributed by atoms with E-state index in [0.717, 1.165) is 30.1 Å². The minimum absolute atomic E-state index is 0.0768. The Bertz CT molecular complexity index is 453. The fraction of sp³-hybridized carbons (Fsp3) is 0.700. The molecule has 3 aliphatic carbocycles. The molecule has 21 heavy (non-hydrogen) atoms. The van der Waals surface area contributed by atoms with E-state index in [0.29, 0.717) is 0 Å². The maximum Gasteiger partial charge on any atom is 0.123 e. The molecule has 4 rings (SSSR count). The summed E-state index contributed by atoms with van der Waals surface area (Å²) in [7, 11) is 0. The van der Waals surface area contributed by atoms with E-state index in [1.165, 1.54) is 56.9 Å². The second-order valence-electron chi connectivity index (χ2n) is 7.51.